The van der Waals surface area contributed by atoms with Gasteiger partial charge in [0.2, 0.25) is 5.92 Å². The number of amides is 1. The maximum atomic E-state index is 13.5. The third kappa shape index (κ3) is 5.76. The van der Waals surface area contributed by atoms with Gasteiger partial charge in [-0.25, -0.2) is 23.2 Å². The van der Waals surface area contributed by atoms with Crippen molar-refractivity contribution >= 4 is 17.7 Å². The molecule has 3 aliphatic rings. The van der Waals surface area contributed by atoms with Crippen molar-refractivity contribution in [3.8, 4) is 11.4 Å². The van der Waals surface area contributed by atoms with Crippen LogP contribution in [0.15, 0.2) is 12.1 Å². The van der Waals surface area contributed by atoms with Crippen LogP contribution in [0.2, 0.25) is 0 Å². The third-order valence-corrected chi connectivity index (χ3v) is 8.51. The standard InChI is InChI=1S/C28H38F2N6O4/c1-5-20-22(36-11-7-8-17(15-36)12-24(37)39-6-2)10-9-21(31-20)25-23(35(4)33-32-25)16-40-27(38)34(3)26-18-13-28(29,30)14-19(18)26/h9-10,17-19,26H,5-8,11-16H2,1-4H3/t17-,18-,19+,26?/m1/s1. The smallest absolute Gasteiger partial charge is 0.410 e. The van der Waals surface area contributed by atoms with Crippen molar-refractivity contribution in [3.05, 3.63) is 23.5 Å². The van der Waals surface area contributed by atoms with Crippen molar-refractivity contribution in [2.75, 3.05) is 31.6 Å². The first kappa shape index (κ1) is 28.2. The molecule has 3 heterocycles. The number of carbonyl (C=O) groups excluding carboxylic acids is 2. The summed E-state index contributed by atoms with van der Waals surface area (Å²) in [7, 11) is 3.33. The highest BCUT2D eigenvalue weighted by Gasteiger charge is 2.65. The van der Waals surface area contributed by atoms with E-state index in [0.29, 0.717) is 36.5 Å². The number of rotatable bonds is 9. The number of hydrogen-bond donors (Lipinski definition) is 0. The van der Waals surface area contributed by atoms with E-state index >= 15 is 0 Å². The summed E-state index contributed by atoms with van der Waals surface area (Å²) in [4.78, 5) is 33.4. The molecule has 0 N–H and O–H groups in total. The summed E-state index contributed by atoms with van der Waals surface area (Å²) in [6.45, 7) is 5.87. The predicted octanol–water partition coefficient (Wildman–Crippen LogP) is 4.22. The number of ether oxygens (including phenoxy) is 2. The van der Waals surface area contributed by atoms with Gasteiger partial charge in [-0.05, 0) is 56.1 Å². The number of halogens is 2. The van der Waals surface area contributed by atoms with Crippen LogP contribution in [0.4, 0.5) is 19.3 Å². The summed E-state index contributed by atoms with van der Waals surface area (Å²) in [5.74, 6) is -2.84. The zero-order valence-electron chi connectivity index (χ0n) is 23.6. The molecular weight excluding hydrogens is 522 g/mol. The molecule has 218 valence electrons. The van der Waals surface area contributed by atoms with Crippen molar-refractivity contribution in [2.24, 2.45) is 24.8 Å². The topological polar surface area (TPSA) is 103 Å². The molecule has 3 fully saturated rings. The van der Waals surface area contributed by atoms with E-state index in [1.54, 1.807) is 18.8 Å². The first-order valence-electron chi connectivity index (χ1n) is 14.2. The number of aryl methyl sites for hydroxylation is 2. The molecule has 40 heavy (non-hydrogen) atoms. The van der Waals surface area contributed by atoms with Gasteiger partial charge in [0.05, 0.1) is 30.1 Å². The number of aromatic nitrogens is 4. The Hall–Kier alpha value is -3.31. The fourth-order valence-electron chi connectivity index (χ4n) is 6.49. The lowest BCUT2D eigenvalue weighted by molar-refractivity contribution is -0.144. The first-order valence-corrected chi connectivity index (χ1v) is 14.2. The molecule has 0 radical (unpaired) electrons. The Bertz CT molecular complexity index is 1240. The van der Waals surface area contributed by atoms with Crippen LogP contribution in [0.3, 0.4) is 0 Å². The van der Waals surface area contributed by atoms with Crippen LogP contribution >= 0.6 is 0 Å². The average molecular weight is 561 g/mol. The summed E-state index contributed by atoms with van der Waals surface area (Å²) in [6.07, 6.45) is 2.24. The second-order valence-electron chi connectivity index (χ2n) is 11.2. The SMILES string of the molecule is CCOC(=O)C[C@H]1CCCN(c2ccc(-c3nnn(C)c3COC(=O)N(C)C3[C@H]4CC(F)(F)C[C@@H]34)nc2CC)C1. The summed E-state index contributed by atoms with van der Waals surface area (Å²) < 4.78 is 39.4. The molecule has 12 heteroatoms. The van der Waals surface area contributed by atoms with Gasteiger partial charge in [0.25, 0.3) is 0 Å². The van der Waals surface area contributed by atoms with Crippen molar-refractivity contribution < 1.29 is 27.8 Å². The monoisotopic (exact) mass is 560 g/mol. The number of pyridine rings is 1. The van der Waals surface area contributed by atoms with Gasteiger partial charge in [0, 0.05) is 46.1 Å². The van der Waals surface area contributed by atoms with Crippen molar-refractivity contribution in [1.82, 2.24) is 24.9 Å². The van der Waals surface area contributed by atoms with Gasteiger partial charge in [-0.1, -0.05) is 12.1 Å². The highest BCUT2D eigenvalue weighted by atomic mass is 19.3. The number of esters is 1. The Morgan fingerprint density at radius 2 is 1.93 bits per heavy atom. The van der Waals surface area contributed by atoms with E-state index in [-0.39, 0.29) is 49.2 Å². The predicted molar refractivity (Wildman–Crippen MR) is 143 cm³/mol. The Balaban J connectivity index is 1.25. The van der Waals surface area contributed by atoms with Gasteiger partial charge in [-0.15, -0.1) is 5.10 Å². The molecule has 0 aromatic carbocycles. The van der Waals surface area contributed by atoms with Gasteiger partial charge in [-0.2, -0.15) is 0 Å². The van der Waals surface area contributed by atoms with Crippen LogP contribution in [0.5, 0.6) is 0 Å². The molecule has 2 saturated carbocycles. The molecule has 2 aromatic rings. The Labute approximate surface area is 233 Å². The van der Waals surface area contributed by atoms with E-state index in [1.165, 1.54) is 4.90 Å². The minimum Gasteiger partial charge on any atom is -0.466 e. The molecule has 0 spiro atoms. The largest absolute Gasteiger partial charge is 0.466 e. The van der Waals surface area contributed by atoms with Gasteiger partial charge in [0.15, 0.2) is 0 Å². The average Bonchev–Trinajstić information content (AvgIpc) is 3.24. The van der Waals surface area contributed by atoms with Gasteiger partial charge >= 0.3 is 12.1 Å². The van der Waals surface area contributed by atoms with Crippen molar-refractivity contribution in [3.63, 3.8) is 0 Å². The molecule has 10 nitrogen and oxygen atoms in total. The van der Waals surface area contributed by atoms with E-state index in [0.717, 1.165) is 37.3 Å². The quantitative estimate of drug-likeness (QED) is 0.420. The Kier molecular flexibility index (Phi) is 7.96. The maximum absolute atomic E-state index is 13.5. The highest BCUT2D eigenvalue weighted by molar-refractivity contribution is 5.70. The zero-order chi connectivity index (χ0) is 28.6. The molecule has 2 aromatic heterocycles. The molecule has 2 aliphatic carbocycles. The van der Waals surface area contributed by atoms with Crippen LogP contribution in [-0.2, 0) is 34.3 Å². The zero-order valence-corrected chi connectivity index (χ0v) is 23.6. The summed E-state index contributed by atoms with van der Waals surface area (Å²) in [6, 6.07) is 3.74. The summed E-state index contributed by atoms with van der Waals surface area (Å²) in [5, 5.41) is 8.43. The van der Waals surface area contributed by atoms with E-state index in [2.05, 4.69) is 15.2 Å². The number of hydrogen-bond acceptors (Lipinski definition) is 8. The lowest BCUT2D eigenvalue weighted by Crippen LogP contribution is -2.37. The van der Waals surface area contributed by atoms with Crippen LogP contribution in [0.25, 0.3) is 11.4 Å². The van der Waals surface area contributed by atoms with Crippen LogP contribution < -0.4 is 4.90 Å². The number of fused-ring (bicyclic) bond motifs is 1. The second kappa shape index (κ2) is 11.3. The van der Waals surface area contributed by atoms with E-state index < -0.39 is 12.0 Å². The lowest BCUT2D eigenvalue weighted by atomic mass is 9.94. The normalized spacial score (nSPS) is 24.9. The fourth-order valence-corrected chi connectivity index (χ4v) is 6.49. The fraction of sp³-hybridized carbons (Fsp3) is 0.679. The highest BCUT2D eigenvalue weighted by Crippen LogP contribution is 2.60. The minimum atomic E-state index is -2.62. The van der Waals surface area contributed by atoms with Crippen LogP contribution in [-0.4, -0.2) is 75.6 Å². The summed E-state index contributed by atoms with van der Waals surface area (Å²) in [5.41, 5.74) is 3.71. The van der Waals surface area contributed by atoms with Crippen LogP contribution in [0, 0.1) is 17.8 Å². The van der Waals surface area contributed by atoms with E-state index in [1.807, 2.05) is 26.0 Å². The molecule has 1 saturated heterocycles. The molecule has 0 bridgehead atoms. The van der Waals surface area contributed by atoms with Crippen molar-refractivity contribution in [1.29, 1.82) is 0 Å². The lowest BCUT2D eigenvalue weighted by Gasteiger charge is -2.35. The van der Waals surface area contributed by atoms with E-state index in [9.17, 15) is 18.4 Å². The molecular formula is C28H38F2N6O4. The van der Waals surface area contributed by atoms with Crippen molar-refractivity contribution in [2.45, 2.75) is 70.9 Å². The summed E-state index contributed by atoms with van der Waals surface area (Å²) >= 11 is 0. The van der Waals surface area contributed by atoms with Crippen LogP contribution in [0.1, 0.15) is 57.3 Å². The third-order valence-electron chi connectivity index (χ3n) is 8.51. The van der Waals surface area contributed by atoms with Gasteiger partial charge in [0.1, 0.15) is 18.0 Å². The number of nitrogens with zero attached hydrogens (tertiary/aromatic N) is 6. The molecule has 1 amide bonds. The van der Waals surface area contributed by atoms with E-state index in [4.69, 9.17) is 14.5 Å². The number of anilines is 1. The number of alkyl halides is 2. The van der Waals surface area contributed by atoms with Gasteiger partial charge in [-0.3, -0.25) is 4.79 Å². The molecule has 1 unspecified atom stereocenters. The van der Waals surface area contributed by atoms with Gasteiger partial charge < -0.3 is 19.3 Å². The molecule has 1 aliphatic heterocycles. The molecule has 4 atom stereocenters. The first-order chi connectivity index (χ1) is 19.1. The number of carbonyl (C=O) groups is 2. The molecule has 5 rings (SSSR count). The maximum Gasteiger partial charge on any atom is 0.410 e. The Morgan fingerprint density at radius 3 is 2.62 bits per heavy atom. The minimum absolute atomic E-state index is 0.0627. The number of piperidine rings is 1. The Morgan fingerprint density at radius 1 is 1.18 bits per heavy atom. The second-order valence-corrected chi connectivity index (χ2v) is 11.2.